The molecule has 0 fully saturated rings. The number of hydrogen-bond donors (Lipinski definition) is 1. The minimum atomic E-state index is -0.161. The standard InChI is InChI=1S/C19H23NO2S/c1-11-8-6-7-9-16(11)10-23-15(5)19(22)18-12(2)17(14(4)21)13(3)20-18/h6-9,15,20H,10H2,1-5H3/t15-/m0/s1. The Morgan fingerprint density at radius 2 is 1.83 bits per heavy atom. The van der Waals surface area contributed by atoms with E-state index in [0.717, 1.165) is 17.0 Å². The lowest BCUT2D eigenvalue weighted by Crippen LogP contribution is -2.15. The van der Waals surface area contributed by atoms with E-state index in [2.05, 4.69) is 24.0 Å². The Labute approximate surface area is 141 Å². The van der Waals surface area contributed by atoms with E-state index < -0.39 is 0 Å². The third-order valence-electron chi connectivity index (χ3n) is 4.16. The first-order valence-corrected chi connectivity index (χ1v) is 8.78. The summed E-state index contributed by atoms with van der Waals surface area (Å²) < 4.78 is 0. The van der Waals surface area contributed by atoms with Crippen molar-refractivity contribution in [2.75, 3.05) is 0 Å². The van der Waals surface area contributed by atoms with Gasteiger partial charge in [-0.15, -0.1) is 11.8 Å². The van der Waals surface area contributed by atoms with Crippen LogP contribution in [0.1, 0.15) is 57.1 Å². The molecule has 0 bridgehead atoms. The number of rotatable bonds is 6. The van der Waals surface area contributed by atoms with Gasteiger partial charge in [-0.1, -0.05) is 24.3 Å². The number of hydrogen-bond acceptors (Lipinski definition) is 3. The largest absolute Gasteiger partial charge is 0.355 e. The van der Waals surface area contributed by atoms with Crippen molar-refractivity contribution in [3.05, 3.63) is 57.9 Å². The number of nitrogens with one attached hydrogen (secondary N) is 1. The molecule has 1 heterocycles. The molecule has 2 rings (SSSR count). The topological polar surface area (TPSA) is 49.9 Å². The van der Waals surface area contributed by atoms with Crippen LogP contribution >= 0.6 is 11.8 Å². The van der Waals surface area contributed by atoms with E-state index >= 15 is 0 Å². The van der Waals surface area contributed by atoms with Crippen molar-refractivity contribution < 1.29 is 9.59 Å². The van der Waals surface area contributed by atoms with Crippen molar-refractivity contribution in [2.45, 2.75) is 45.6 Å². The normalized spacial score (nSPS) is 12.2. The summed E-state index contributed by atoms with van der Waals surface area (Å²) in [5, 5.41) is -0.161. The van der Waals surface area contributed by atoms with Crippen LogP contribution in [0, 0.1) is 20.8 Å². The highest BCUT2D eigenvalue weighted by Crippen LogP contribution is 2.26. The van der Waals surface area contributed by atoms with Crippen LogP contribution in [0.4, 0.5) is 0 Å². The van der Waals surface area contributed by atoms with Crippen LogP contribution in [0.2, 0.25) is 0 Å². The summed E-state index contributed by atoms with van der Waals surface area (Å²) in [6.07, 6.45) is 0. The zero-order valence-electron chi connectivity index (χ0n) is 14.3. The third-order valence-corrected chi connectivity index (χ3v) is 5.35. The average molecular weight is 329 g/mol. The minimum absolute atomic E-state index is 0.00415. The highest BCUT2D eigenvalue weighted by Gasteiger charge is 2.23. The molecule has 3 nitrogen and oxygen atoms in total. The number of carbonyl (C=O) groups is 2. The summed E-state index contributed by atoms with van der Waals surface area (Å²) in [5.41, 5.74) is 5.24. The number of aryl methyl sites for hydroxylation is 2. The Bertz CT molecular complexity index is 746. The number of aromatic amines is 1. The van der Waals surface area contributed by atoms with Crippen molar-refractivity contribution in [3.63, 3.8) is 0 Å². The van der Waals surface area contributed by atoms with E-state index in [1.165, 1.54) is 18.1 Å². The fourth-order valence-electron chi connectivity index (χ4n) is 2.79. The van der Waals surface area contributed by atoms with Gasteiger partial charge in [-0.2, -0.15) is 0 Å². The van der Waals surface area contributed by atoms with Crippen molar-refractivity contribution in [3.8, 4) is 0 Å². The molecule has 0 aliphatic rings. The first-order valence-electron chi connectivity index (χ1n) is 7.73. The molecule has 0 saturated heterocycles. The zero-order chi connectivity index (χ0) is 17.1. The minimum Gasteiger partial charge on any atom is -0.355 e. The Kier molecular flexibility index (Phi) is 5.47. The third kappa shape index (κ3) is 3.75. The van der Waals surface area contributed by atoms with E-state index in [1.54, 1.807) is 11.8 Å². The fourth-order valence-corrected chi connectivity index (χ4v) is 3.81. The van der Waals surface area contributed by atoms with Gasteiger partial charge >= 0.3 is 0 Å². The molecule has 0 radical (unpaired) electrons. The monoisotopic (exact) mass is 329 g/mol. The number of thioether (sulfide) groups is 1. The van der Waals surface area contributed by atoms with Crippen LogP contribution in [0.25, 0.3) is 0 Å². The van der Waals surface area contributed by atoms with E-state index in [1.807, 2.05) is 32.9 Å². The molecule has 1 N–H and O–H groups in total. The van der Waals surface area contributed by atoms with Gasteiger partial charge in [0.25, 0.3) is 0 Å². The second-order valence-corrected chi connectivity index (χ2v) is 7.25. The maximum Gasteiger partial charge on any atom is 0.191 e. The molecule has 1 aromatic carbocycles. The van der Waals surface area contributed by atoms with Gasteiger partial charge in [-0.25, -0.2) is 0 Å². The maximum absolute atomic E-state index is 12.7. The second kappa shape index (κ2) is 7.18. The molecule has 0 saturated carbocycles. The SMILES string of the molecule is CC(=O)c1c(C)[nH]c(C(=O)[C@H](C)SCc2ccccc2C)c1C. The molecule has 1 atom stereocenters. The Hall–Kier alpha value is -1.81. The smallest absolute Gasteiger partial charge is 0.191 e. The van der Waals surface area contributed by atoms with Crippen molar-refractivity contribution in [2.24, 2.45) is 0 Å². The zero-order valence-corrected chi connectivity index (χ0v) is 15.1. The predicted molar refractivity (Wildman–Crippen MR) is 96.5 cm³/mol. The molecule has 0 unspecified atom stereocenters. The number of carbonyl (C=O) groups excluding carboxylic acids is 2. The molecular formula is C19H23NO2S. The summed E-state index contributed by atoms with van der Waals surface area (Å²) in [6, 6.07) is 8.22. The summed E-state index contributed by atoms with van der Waals surface area (Å²) in [6.45, 7) is 9.22. The van der Waals surface area contributed by atoms with Crippen LogP contribution in [0.5, 0.6) is 0 Å². The number of aromatic nitrogens is 1. The van der Waals surface area contributed by atoms with E-state index in [0.29, 0.717) is 11.3 Å². The molecular weight excluding hydrogens is 306 g/mol. The number of benzene rings is 1. The molecule has 4 heteroatoms. The maximum atomic E-state index is 12.7. The highest BCUT2D eigenvalue weighted by molar-refractivity contribution is 7.99. The average Bonchev–Trinajstić information content (AvgIpc) is 2.80. The molecule has 0 spiro atoms. The molecule has 0 aliphatic carbocycles. The first kappa shape index (κ1) is 17.5. The van der Waals surface area contributed by atoms with E-state index in [4.69, 9.17) is 0 Å². The van der Waals surface area contributed by atoms with Gasteiger partial charge in [0.2, 0.25) is 0 Å². The molecule has 23 heavy (non-hydrogen) atoms. The Balaban J connectivity index is 2.13. The number of ketones is 2. The Morgan fingerprint density at radius 3 is 2.39 bits per heavy atom. The molecule has 1 aromatic heterocycles. The van der Waals surface area contributed by atoms with Crippen molar-refractivity contribution in [1.29, 1.82) is 0 Å². The van der Waals surface area contributed by atoms with Crippen LogP contribution < -0.4 is 0 Å². The lowest BCUT2D eigenvalue weighted by Gasteiger charge is -2.11. The van der Waals surface area contributed by atoms with Gasteiger partial charge in [-0.05, 0) is 51.3 Å². The molecule has 122 valence electrons. The summed E-state index contributed by atoms with van der Waals surface area (Å²) in [4.78, 5) is 27.5. The predicted octanol–water partition coefficient (Wildman–Crippen LogP) is 4.65. The van der Waals surface area contributed by atoms with Gasteiger partial charge in [0.05, 0.1) is 10.9 Å². The first-order chi connectivity index (χ1) is 10.8. The van der Waals surface area contributed by atoms with E-state index in [-0.39, 0.29) is 16.8 Å². The number of H-pyrrole nitrogens is 1. The van der Waals surface area contributed by atoms with Crippen molar-refractivity contribution in [1.82, 2.24) is 4.98 Å². The lowest BCUT2D eigenvalue weighted by molar-refractivity contribution is 0.0988. The van der Waals surface area contributed by atoms with Crippen LogP contribution in [-0.2, 0) is 5.75 Å². The second-order valence-electron chi connectivity index (χ2n) is 5.93. The van der Waals surface area contributed by atoms with Crippen LogP contribution in [-0.4, -0.2) is 21.8 Å². The molecule has 0 aliphatic heterocycles. The van der Waals surface area contributed by atoms with Gasteiger partial charge < -0.3 is 4.98 Å². The molecule has 0 amide bonds. The quantitative estimate of drug-likeness (QED) is 0.785. The summed E-state index contributed by atoms with van der Waals surface area (Å²) >= 11 is 1.62. The Morgan fingerprint density at radius 1 is 1.17 bits per heavy atom. The van der Waals surface area contributed by atoms with Gasteiger partial charge in [0, 0.05) is 17.0 Å². The molecule has 2 aromatic rings. The van der Waals surface area contributed by atoms with E-state index in [9.17, 15) is 9.59 Å². The van der Waals surface area contributed by atoms with Crippen LogP contribution in [0.15, 0.2) is 24.3 Å². The van der Waals surface area contributed by atoms with Crippen molar-refractivity contribution >= 4 is 23.3 Å². The number of Topliss-reactive ketones (excluding diaryl/α,β-unsaturated/α-hetero) is 2. The summed E-state index contributed by atoms with van der Waals surface area (Å²) in [5.74, 6) is 0.852. The van der Waals surface area contributed by atoms with Gasteiger partial charge in [-0.3, -0.25) is 9.59 Å². The van der Waals surface area contributed by atoms with Gasteiger partial charge in [0.1, 0.15) is 0 Å². The fraction of sp³-hybridized carbons (Fsp3) is 0.368. The van der Waals surface area contributed by atoms with Crippen LogP contribution in [0.3, 0.4) is 0 Å². The lowest BCUT2D eigenvalue weighted by atomic mass is 10.0. The highest BCUT2D eigenvalue weighted by atomic mass is 32.2. The summed E-state index contributed by atoms with van der Waals surface area (Å²) in [7, 11) is 0. The van der Waals surface area contributed by atoms with Gasteiger partial charge in [0.15, 0.2) is 11.6 Å².